The van der Waals surface area contributed by atoms with E-state index in [4.69, 9.17) is 11.6 Å². The topological polar surface area (TPSA) is 0 Å². The van der Waals surface area contributed by atoms with E-state index in [1.807, 2.05) is 0 Å². The maximum atomic E-state index is 13.7. The molecular formula is C13H8ClF5S. The van der Waals surface area contributed by atoms with Gasteiger partial charge in [-0.05, 0) is 25.5 Å². The fourth-order valence-corrected chi connectivity index (χ4v) is 3.35. The molecule has 0 aliphatic heterocycles. The maximum Gasteiger partial charge on any atom is 0.200 e. The normalized spacial score (nSPS) is 12.8. The van der Waals surface area contributed by atoms with Crippen molar-refractivity contribution in [2.75, 3.05) is 0 Å². The highest BCUT2D eigenvalue weighted by Gasteiger charge is 2.31. The van der Waals surface area contributed by atoms with Crippen molar-refractivity contribution in [3.8, 4) is 0 Å². The highest BCUT2D eigenvalue weighted by Crippen LogP contribution is 2.39. The van der Waals surface area contributed by atoms with Gasteiger partial charge in [0.2, 0.25) is 5.82 Å². The molecule has 1 unspecified atom stereocenters. The molecule has 0 aliphatic rings. The molecule has 0 saturated carbocycles. The molecule has 0 nitrogen and oxygen atoms in total. The molecule has 0 fully saturated rings. The van der Waals surface area contributed by atoms with E-state index in [1.54, 1.807) is 19.9 Å². The third kappa shape index (κ3) is 2.31. The minimum absolute atomic E-state index is 0.331. The number of rotatable bonds is 2. The molecule has 0 radical (unpaired) electrons. The fourth-order valence-electron chi connectivity index (χ4n) is 1.90. The van der Waals surface area contributed by atoms with E-state index in [-0.39, 0.29) is 0 Å². The van der Waals surface area contributed by atoms with Gasteiger partial charge in [0.25, 0.3) is 0 Å². The molecule has 1 aromatic carbocycles. The van der Waals surface area contributed by atoms with Gasteiger partial charge in [-0.25, -0.2) is 22.0 Å². The van der Waals surface area contributed by atoms with Gasteiger partial charge in [-0.3, -0.25) is 0 Å². The summed E-state index contributed by atoms with van der Waals surface area (Å²) in [6, 6.07) is 1.57. The van der Waals surface area contributed by atoms with Gasteiger partial charge in [0.05, 0.1) is 10.9 Å². The molecule has 20 heavy (non-hydrogen) atoms. The van der Waals surface area contributed by atoms with Gasteiger partial charge in [0, 0.05) is 9.75 Å². The first-order valence-corrected chi connectivity index (χ1v) is 6.73. The molecule has 2 aromatic rings. The molecule has 0 amide bonds. The van der Waals surface area contributed by atoms with Crippen LogP contribution in [0.15, 0.2) is 6.07 Å². The van der Waals surface area contributed by atoms with E-state index < -0.39 is 40.0 Å². The van der Waals surface area contributed by atoms with Crippen LogP contribution in [-0.2, 0) is 0 Å². The summed E-state index contributed by atoms with van der Waals surface area (Å²) in [5.74, 6) is -9.97. The number of thiophene rings is 1. The minimum atomic E-state index is -2.19. The van der Waals surface area contributed by atoms with Crippen LogP contribution < -0.4 is 0 Å². The Morgan fingerprint density at radius 1 is 0.900 bits per heavy atom. The first-order valence-electron chi connectivity index (χ1n) is 5.48. The highest BCUT2D eigenvalue weighted by atomic mass is 35.5. The van der Waals surface area contributed by atoms with Crippen LogP contribution >= 0.6 is 22.9 Å². The molecule has 1 atom stereocenters. The second-order valence-electron chi connectivity index (χ2n) is 4.21. The number of hydrogen-bond donors (Lipinski definition) is 0. The van der Waals surface area contributed by atoms with Gasteiger partial charge in [-0.1, -0.05) is 0 Å². The van der Waals surface area contributed by atoms with Crippen LogP contribution in [-0.4, -0.2) is 0 Å². The summed E-state index contributed by atoms with van der Waals surface area (Å²) in [5, 5.41) is -1.44. The summed E-state index contributed by atoms with van der Waals surface area (Å²) in [7, 11) is 0. The Morgan fingerprint density at radius 2 is 1.35 bits per heavy atom. The minimum Gasteiger partial charge on any atom is -0.203 e. The maximum absolute atomic E-state index is 13.7. The molecule has 0 saturated heterocycles. The molecule has 0 spiro atoms. The molecule has 0 bridgehead atoms. The van der Waals surface area contributed by atoms with Crippen molar-refractivity contribution in [1.82, 2.24) is 0 Å². The predicted molar refractivity (Wildman–Crippen MR) is 67.7 cm³/mol. The molecule has 108 valence electrons. The molecule has 0 N–H and O–H groups in total. The first kappa shape index (κ1) is 15.3. The van der Waals surface area contributed by atoms with Gasteiger partial charge < -0.3 is 0 Å². The third-order valence-electron chi connectivity index (χ3n) is 2.85. The van der Waals surface area contributed by atoms with Gasteiger partial charge in [0.1, 0.15) is 0 Å². The first-order chi connectivity index (χ1) is 9.25. The van der Waals surface area contributed by atoms with Crippen LogP contribution in [0.4, 0.5) is 22.0 Å². The van der Waals surface area contributed by atoms with Crippen molar-refractivity contribution in [2.24, 2.45) is 0 Å². The summed E-state index contributed by atoms with van der Waals surface area (Å²) >= 11 is 7.25. The largest absolute Gasteiger partial charge is 0.203 e. The van der Waals surface area contributed by atoms with E-state index in [1.165, 1.54) is 11.3 Å². The highest BCUT2D eigenvalue weighted by molar-refractivity contribution is 7.12. The van der Waals surface area contributed by atoms with Gasteiger partial charge in [0.15, 0.2) is 23.3 Å². The molecule has 0 aliphatic carbocycles. The van der Waals surface area contributed by atoms with E-state index in [9.17, 15) is 22.0 Å². The Hall–Kier alpha value is -1.14. The standard InChI is InChI=1S/C13H8ClF5S/c1-4-3-6(5(2)20-4)8(14)7-9(15)11(17)13(19)12(18)10(7)16/h3,8H,1-2H3. The zero-order valence-corrected chi connectivity index (χ0v) is 11.9. The summed E-state index contributed by atoms with van der Waals surface area (Å²) in [6.45, 7) is 3.41. The SMILES string of the molecule is Cc1cc(C(Cl)c2c(F)c(F)c(F)c(F)c2F)c(C)s1. The van der Waals surface area contributed by atoms with E-state index in [0.29, 0.717) is 10.4 Å². The zero-order valence-electron chi connectivity index (χ0n) is 10.3. The van der Waals surface area contributed by atoms with E-state index in [2.05, 4.69) is 0 Å². The fraction of sp³-hybridized carbons (Fsp3) is 0.231. The van der Waals surface area contributed by atoms with Crippen molar-refractivity contribution in [1.29, 1.82) is 0 Å². The molecule has 1 heterocycles. The number of benzene rings is 1. The monoisotopic (exact) mass is 326 g/mol. The number of aryl methyl sites for hydroxylation is 2. The Kier molecular flexibility index (Phi) is 4.07. The van der Waals surface area contributed by atoms with Crippen molar-refractivity contribution in [2.45, 2.75) is 19.2 Å². The molecule has 2 rings (SSSR count). The lowest BCUT2D eigenvalue weighted by molar-refractivity contribution is 0.370. The quantitative estimate of drug-likeness (QED) is 0.300. The van der Waals surface area contributed by atoms with Gasteiger partial charge >= 0.3 is 0 Å². The Bertz CT molecular complexity index is 651. The van der Waals surface area contributed by atoms with Crippen LogP contribution in [0.2, 0.25) is 0 Å². The Labute approximate surface area is 120 Å². The second kappa shape index (κ2) is 5.33. The average molecular weight is 327 g/mol. The van der Waals surface area contributed by atoms with Crippen LogP contribution in [0.3, 0.4) is 0 Å². The molecule has 1 aromatic heterocycles. The lowest BCUT2D eigenvalue weighted by Crippen LogP contribution is -2.09. The smallest absolute Gasteiger partial charge is 0.200 e. The zero-order chi connectivity index (χ0) is 15.2. The summed E-state index contributed by atoms with van der Waals surface area (Å²) < 4.78 is 66.7. The van der Waals surface area contributed by atoms with Gasteiger partial charge in [-0.2, -0.15) is 0 Å². The van der Waals surface area contributed by atoms with Crippen LogP contribution in [0.5, 0.6) is 0 Å². The summed E-state index contributed by atoms with van der Waals surface area (Å²) in [4.78, 5) is 1.48. The molecule has 7 heteroatoms. The molecular weight excluding hydrogens is 319 g/mol. The summed E-state index contributed by atoms with van der Waals surface area (Å²) in [6.07, 6.45) is 0. The van der Waals surface area contributed by atoms with E-state index >= 15 is 0 Å². The van der Waals surface area contributed by atoms with Crippen LogP contribution in [0, 0.1) is 42.9 Å². The lowest BCUT2D eigenvalue weighted by atomic mass is 10.0. The third-order valence-corrected chi connectivity index (χ3v) is 4.28. The van der Waals surface area contributed by atoms with Crippen LogP contribution in [0.25, 0.3) is 0 Å². The van der Waals surface area contributed by atoms with Crippen molar-refractivity contribution in [3.63, 3.8) is 0 Å². The van der Waals surface area contributed by atoms with Crippen LogP contribution in [0.1, 0.15) is 26.3 Å². The number of hydrogen-bond acceptors (Lipinski definition) is 1. The van der Waals surface area contributed by atoms with Crippen molar-refractivity contribution in [3.05, 3.63) is 56.0 Å². The van der Waals surface area contributed by atoms with Gasteiger partial charge in [-0.15, -0.1) is 22.9 Å². The predicted octanol–water partition coefficient (Wildman–Crippen LogP) is 5.39. The van der Waals surface area contributed by atoms with E-state index in [0.717, 1.165) is 4.88 Å². The Morgan fingerprint density at radius 3 is 1.75 bits per heavy atom. The number of halogens is 6. The average Bonchev–Trinajstić information content (AvgIpc) is 2.73. The van der Waals surface area contributed by atoms with Crippen molar-refractivity contribution < 1.29 is 22.0 Å². The lowest BCUT2D eigenvalue weighted by Gasteiger charge is -2.13. The number of alkyl halides is 1. The Balaban J connectivity index is 2.67. The summed E-state index contributed by atoms with van der Waals surface area (Å²) in [5.41, 5.74) is -0.693. The van der Waals surface area contributed by atoms with Crippen molar-refractivity contribution >= 4 is 22.9 Å². The second-order valence-corrected chi connectivity index (χ2v) is 6.11.